The fourth-order valence-electron chi connectivity index (χ4n) is 2.80. The Hall–Kier alpha value is -3.07. The number of aryl methyl sites for hydroxylation is 1. The lowest BCUT2D eigenvalue weighted by Gasteiger charge is -2.22. The van der Waals surface area contributed by atoms with E-state index in [0.29, 0.717) is 17.2 Å². The molecule has 3 heterocycles. The number of aliphatic hydroxyl groups is 1. The van der Waals surface area contributed by atoms with Gasteiger partial charge in [-0.3, -0.25) is 9.78 Å². The number of pyridine rings is 1. The Morgan fingerprint density at radius 2 is 2.00 bits per heavy atom. The van der Waals surface area contributed by atoms with E-state index >= 15 is 0 Å². The Morgan fingerprint density at radius 1 is 1.27 bits per heavy atom. The number of carbonyl (C=O) groups excluding carboxylic acids is 1. The number of aromatic nitrogens is 4. The molecule has 3 aromatic heterocycles. The van der Waals surface area contributed by atoms with Crippen molar-refractivity contribution < 1.29 is 14.3 Å². The van der Waals surface area contributed by atoms with Gasteiger partial charge in [0, 0.05) is 35.8 Å². The molecular formula is C21H27FN6O2. The van der Waals surface area contributed by atoms with Crippen molar-refractivity contribution in [2.45, 2.75) is 52.4 Å². The molecule has 0 unspecified atom stereocenters. The lowest BCUT2D eigenvalue weighted by molar-refractivity contribution is -0.00177. The van der Waals surface area contributed by atoms with Gasteiger partial charge in [-0.05, 0) is 46.8 Å². The van der Waals surface area contributed by atoms with Gasteiger partial charge in [-0.25, -0.2) is 9.37 Å². The molecule has 8 nitrogen and oxygen atoms in total. The number of hydrogen-bond acceptors (Lipinski definition) is 6. The quantitative estimate of drug-likeness (QED) is 0.549. The summed E-state index contributed by atoms with van der Waals surface area (Å²) < 4.78 is 15.6. The van der Waals surface area contributed by atoms with Gasteiger partial charge in [0.15, 0.2) is 5.65 Å². The first kappa shape index (κ1) is 21.6. The number of alkyl halides is 1. The van der Waals surface area contributed by atoms with Crippen LogP contribution in [0, 0.1) is 6.92 Å². The minimum Gasteiger partial charge on any atom is -0.387 e. The van der Waals surface area contributed by atoms with Gasteiger partial charge < -0.3 is 15.7 Å². The second-order valence-electron chi connectivity index (χ2n) is 8.14. The van der Waals surface area contributed by atoms with Gasteiger partial charge in [-0.2, -0.15) is 9.61 Å². The lowest BCUT2D eigenvalue weighted by Crippen LogP contribution is -2.42. The maximum absolute atomic E-state index is 14.0. The number of halogens is 1. The Kier molecular flexibility index (Phi) is 6.02. The number of nitrogens with zero attached hydrogens (tertiary/aromatic N) is 4. The van der Waals surface area contributed by atoms with Crippen molar-refractivity contribution in [2.75, 3.05) is 11.9 Å². The highest BCUT2D eigenvalue weighted by molar-refractivity contribution is 5.99. The van der Waals surface area contributed by atoms with Gasteiger partial charge in [-0.15, -0.1) is 0 Å². The monoisotopic (exact) mass is 414 g/mol. The molecule has 3 aromatic rings. The molecule has 0 aliphatic rings. The molecule has 0 aromatic carbocycles. The SMILES string of the molecule is Cc1ccc(-c2cc3ncc(C(=O)NC[C@@H](F)C(C)(C)O)c(NC(C)C)n3n2)cn1. The van der Waals surface area contributed by atoms with Gasteiger partial charge in [0.2, 0.25) is 0 Å². The molecule has 9 heteroatoms. The van der Waals surface area contributed by atoms with Crippen LogP contribution in [0.1, 0.15) is 43.7 Å². The van der Waals surface area contributed by atoms with Crippen molar-refractivity contribution in [2.24, 2.45) is 0 Å². The minimum atomic E-state index is -1.61. The molecule has 3 rings (SSSR count). The number of amides is 1. The summed E-state index contributed by atoms with van der Waals surface area (Å²) in [6.45, 7) is 8.18. The average Bonchev–Trinajstić information content (AvgIpc) is 3.10. The molecule has 0 aliphatic carbocycles. The predicted molar refractivity (Wildman–Crippen MR) is 113 cm³/mol. The van der Waals surface area contributed by atoms with Crippen LogP contribution in [0.4, 0.5) is 10.2 Å². The van der Waals surface area contributed by atoms with Crippen LogP contribution < -0.4 is 10.6 Å². The van der Waals surface area contributed by atoms with Crippen LogP contribution >= 0.6 is 0 Å². The normalized spacial score (nSPS) is 12.9. The lowest BCUT2D eigenvalue weighted by atomic mass is 10.0. The summed E-state index contributed by atoms with van der Waals surface area (Å²) in [6.07, 6.45) is 1.56. The molecule has 160 valence electrons. The zero-order valence-electron chi connectivity index (χ0n) is 17.8. The number of hydrogen-bond donors (Lipinski definition) is 3. The topological polar surface area (TPSA) is 104 Å². The third kappa shape index (κ3) is 4.73. The van der Waals surface area contributed by atoms with E-state index in [9.17, 15) is 14.3 Å². The van der Waals surface area contributed by atoms with Crippen molar-refractivity contribution >= 4 is 17.4 Å². The van der Waals surface area contributed by atoms with Crippen molar-refractivity contribution in [3.8, 4) is 11.3 Å². The van der Waals surface area contributed by atoms with E-state index in [-0.39, 0.29) is 18.2 Å². The van der Waals surface area contributed by atoms with Crippen LogP contribution in [-0.2, 0) is 0 Å². The molecule has 3 N–H and O–H groups in total. The number of rotatable bonds is 7. The van der Waals surface area contributed by atoms with Gasteiger partial charge >= 0.3 is 0 Å². The second-order valence-corrected chi connectivity index (χ2v) is 8.14. The van der Waals surface area contributed by atoms with Crippen molar-refractivity contribution in [1.82, 2.24) is 24.9 Å². The summed E-state index contributed by atoms with van der Waals surface area (Å²) in [6, 6.07) is 5.65. The van der Waals surface area contributed by atoms with Crippen molar-refractivity contribution in [3.05, 3.63) is 41.9 Å². The molecule has 0 aliphatic heterocycles. The average molecular weight is 414 g/mol. The molecule has 0 saturated carbocycles. The molecule has 1 atom stereocenters. The van der Waals surface area contributed by atoms with Gasteiger partial charge in [0.25, 0.3) is 5.91 Å². The van der Waals surface area contributed by atoms with Crippen molar-refractivity contribution in [3.63, 3.8) is 0 Å². The van der Waals surface area contributed by atoms with E-state index in [1.807, 2.05) is 39.0 Å². The fraction of sp³-hybridized carbons (Fsp3) is 0.429. The number of carbonyl (C=O) groups is 1. The Bertz CT molecular complexity index is 1040. The largest absolute Gasteiger partial charge is 0.387 e. The zero-order valence-corrected chi connectivity index (χ0v) is 17.8. The third-order valence-corrected chi connectivity index (χ3v) is 4.57. The fourth-order valence-corrected chi connectivity index (χ4v) is 2.80. The summed E-state index contributed by atoms with van der Waals surface area (Å²) >= 11 is 0. The number of fused-ring (bicyclic) bond motifs is 1. The van der Waals surface area contributed by atoms with E-state index < -0.39 is 17.7 Å². The number of nitrogens with one attached hydrogen (secondary N) is 2. The van der Waals surface area contributed by atoms with E-state index in [1.54, 1.807) is 10.7 Å². The second kappa shape index (κ2) is 8.35. The highest BCUT2D eigenvalue weighted by atomic mass is 19.1. The van der Waals surface area contributed by atoms with Crippen LogP contribution in [0.5, 0.6) is 0 Å². The van der Waals surface area contributed by atoms with Crippen LogP contribution in [0.15, 0.2) is 30.6 Å². The van der Waals surface area contributed by atoms with Crippen LogP contribution in [-0.4, -0.2) is 55.0 Å². The summed E-state index contributed by atoms with van der Waals surface area (Å²) in [5.74, 6) is -0.0500. The van der Waals surface area contributed by atoms with Crippen LogP contribution in [0.2, 0.25) is 0 Å². The van der Waals surface area contributed by atoms with E-state index in [1.165, 1.54) is 20.0 Å². The Balaban J connectivity index is 1.98. The zero-order chi connectivity index (χ0) is 22.1. The molecule has 0 bridgehead atoms. The van der Waals surface area contributed by atoms with E-state index in [2.05, 4.69) is 25.7 Å². The van der Waals surface area contributed by atoms with Gasteiger partial charge in [0.05, 0.1) is 17.8 Å². The van der Waals surface area contributed by atoms with Gasteiger partial charge in [-0.1, -0.05) is 0 Å². The summed E-state index contributed by atoms with van der Waals surface area (Å²) in [5.41, 5.74) is 1.65. The number of anilines is 1. The summed E-state index contributed by atoms with van der Waals surface area (Å²) in [4.78, 5) is 21.4. The first-order valence-corrected chi connectivity index (χ1v) is 9.79. The highest BCUT2D eigenvalue weighted by Gasteiger charge is 2.27. The highest BCUT2D eigenvalue weighted by Crippen LogP contribution is 2.23. The van der Waals surface area contributed by atoms with Crippen LogP contribution in [0.25, 0.3) is 16.9 Å². The first-order valence-electron chi connectivity index (χ1n) is 9.79. The standard InChI is InChI=1S/C21H27FN6O2/c1-12(2)26-19-15(20(29)25-11-17(22)21(4,5)30)10-24-18-8-16(27-28(18)19)14-7-6-13(3)23-9-14/h6-10,12,17,26,30H,11H2,1-5H3,(H,25,29)/t17-/m1/s1. The smallest absolute Gasteiger partial charge is 0.256 e. The summed E-state index contributed by atoms with van der Waals surface area (Å²) in [7, 11) is 0. The maximum atomic E-state index is 14.0. The molecule has 0 fully saturated rings. The Morgan fingerprint density at radius 3 is 2.60 bits per heavy atom. The van der Waals surface area contributed by atoms with Crippen LogP contribution in [0.3, 0.4) is 0 Å². The Labute approximate surface area is 174 Å². The van der Waals surface area contributed by atoms with E-state index in [0.717, 1.165) is 11.3 Å². The molecular weight excluding hydrogens is 387 g/mol. The predicted octanol–water partition coefficient (Wildman–Crippen LogP) is 2.76. The molecule has 1 amide bonds. The molecule has 30 heavy (non-hydrogen) atoms. The molecule has 0 spiro atoms. The molecule has 0 radical (unpaired) electrons. The maximum Gasteiger partial charge on any atom is 0.256 e. The summed E-state index contributed by atoms with van der Waals surface area (Å²) in [5, 5.41) is 20.1. The first-order chi connectivity index (χ1) is 14.1. The molecule has 0 saturated heterocycles. The van der Waals surface area contributed by atoms with Crippen molar-refractivity contribution in [1.29, 1.82) is 0 Å². The third-order valence-electron chi connectivity index (χ3n) is 4.57. The minimum absolute atomic E-state index is 0.0149. The van der Waals surface area contributed by atoms with E-state index in [4.69, 9.17) is 0 Å². The van der Waals surface area contributed by atoms with Gasteiger partial charge in [0.1, 0.15) is 17.6 Å².